The van der Waals surface area contributed by atoms with Gasteiger partial charge in [0, 0.05) is 0 Å². The molecular weight excluding hydrogens is 327 g/mol. The third-order valence-corrected chi connectivity index (χ3v) is 0. The predicted molar refractivity (Wildman–Crippen MR) is 58.7 cm³/mol. The van der Waals surface area contributed by atoms with Crippen LogP contribution in [-0.2, 0) is 10.4 Å². The molecule has 0 heterocycles. The molecule has 0 spiro atoms. The van der Waals surface area contributed by atoms with Crippen LogP contribution in [0.2, 0.25) is 0 Å². The van der Waals surface area contributed by atoms with Gasteiger partial charge >= 0.3 is 61.8 Å². The Bertz CT molecular complexity index is 99.9. The molecule has 0 fully saturated rings. The second-order valence-corrected chi connectivity index (χ2v) is 1.34. The first-order chi connectivity index (χ1) is 2.00. The smallest absolute Gasteiger partial charge is 1.00 e. The van der Waals surface area contributed by atoms with Gasteiger partial charge in [0.05, 0.1) is 0 Å². The summed E-state index contributed by atoms with van der Waals surface area (Å²) in [6, 6.07) is 0. The Morgan fingerprint density at radius 2 is 0.500 bits per heavy atom. The van der Waals surface area contributed by atoms with Crippen LogP contribution in [0.25, 0.3) is 0 Å². The van der Waals surface area contributed by atoms with Crippen LogP contribution in [0.4, 0.5) is 0 Å². The van der Waals surface area contributed by atoms with E-state index in [2.05, 4.69) is 0 Å². The fourth-order valence-electron chi connectivity index (χ4n) is 0. The third kappa shape index (κ3) is 4150. The maximum Gasteiger partial charge on any atom is 1.00 e. The SMILES string of the molecule is O.O.O.O.O.O.O.O.O.O.O.O.O=S(=O)(O)O.[H-].[K+]. The maximum atomic E-state index is 8.74. The molecular formula is H27KO16S. The summed E-state index contributed by atoms with van der Waals surface area (Å²) in [7, 11) is -4.67. The fourth-order valence-corrected chi connectivity index (χ4v) is 0. The summed E-state index contributed by atoms with van der Waals surface area (Å²) in [6.45, 7) is 0. The molecule has 0 aromatic carbocycles. The van der Waals surface area contributed by atoms with E-state index in [-0.39, 0.29) is 119 Å². The molecule has 0 saturated heterocycles. The average molecular weight is 354 g/mol. The van der Waals surface area contributed by atoms with Crippen molar-refractivity contribution in [3.05, 3.63) is 0 Å². The van der Waals surface area contributed by atoms with Crippen LogP contribution < -0.4 is 51.4 Å². The Labute approximate surface area is 145 Å². The summed E-state index contributed by atoms with van der Waals surface area (Å²) in [6.07, 6.45) is 0. The number of rotatable bonds is 0. The molecule has 0 amide bonds. The summed E-state index contributed by atoms with van der Waals surface area (Å²) >= 11 is 0. The minimum Gasteiger partial charge on any atom is -1.00 e. The topological polar surface area (TPSA) is 453 Å². The van der Waals surface area contributed by atoms with Crippen molar-refractivity contribution in [3.63, 3.8) is 0 Å². The second kappa shape index (κ2) is 106. The largest absolute Gasteiger partial charge is 1.00 e. The van der Waals surface area contributed by atoms with Crippen molar-refractivity contribution >= 4 is 10.4 Å². The van der Waals surface area contributed by atoms with E-state index in [4.69, 9.17) is 17.5 Å². The summed E-state index contributed by atoms with van der Waals surface area (Å²) in [5, 5.41) is 0. The van der Waals surface area contributed by atoms with Crippen LogP contribution >= 0.6 is 0 Å². The van der Waals surface area contributed by atoms with Crippen LogP contribution in [0, 0.1) is 0 Å². The van der Waals surface area contributed by atoms with Gasteiger partial charge in [-0.3, -0.25) is 9.11 Å². The zero-order chi connectivity index (χ0) is 4.50. The minimum atomic E-state index is -4.67. The Balaban J connectivity index is -0.000000000879. The summed E-state index contributed by atoms with van der Waals surface area (Å²) in [5.41, 5.74) is 0. The molecule has 0 radical (unpaired) electrons. The van der Waals surface area contributed by atoms with Gasteiger partial charge in [0.1, 0.15) is 0 Å². The summed E-state index contributed by atoms with van der Waals surface area (Å²) in [5.74, 6) is 0. The van der Waals surface area contributed by atoms with E-state index in [1.54, 1.807) is 0 Å². The first kappa shape index (κ1) is 245. The molecule has 130 valence electrons. The third-order valence-electron chi connectivity index (χ3n) is 0. The van der Waals surface area contributed by atoms with Gasteiger partial charge in [-0.2, -0.15) is 8.42 Å². The van der Waals surface area contributed by atoms with Crippen molar-refractivity contribution in [2.24, 2.45) is 0 Å². The normalized spacial score (nSPS) is 3.22. The number of hydrogen-bond donors (Lipinski definition) is 2. The fraction of sp³-hybridized carbons (Fsp3) is 0. The van der Waals surface area contributed by atoms with Crippen molar-refractivity contribution in [2.45, 2.75) is 0 Å². The molecule has 16 nitrogen and oxygen atoms in total. The molecule has 26 N–H and O–H groups in total. The van der Waals surface area contributed by atoms with Gasteiger partial charge in [-0.1, -0.05) is 0 Å². The molecule has 0 aliphatic carbocycles. The molecule has 0 aliphatic rings. The van der Waals surface area contributed by atoms with Gasteiger partial charge in [-0.25, -0.2) is 0 Å². The zero-order valence-electron chi connectivity index (χ0n) is 10.1. The van der Waals surface area contributed by atoms with Gasteiger partial charge in [-0.05, 0) is 0 Å². The molecule has 0 aliphatic heterocycles. The van der Waals surface area contributed by atoms with E-state index < -0.39 is 10.4 Å². The summed E-state index contributed by atoms with van der Waals surface area (Å²) in [4.78, 5) is 0. The van der Waals surface area contributed by atoms with Crippen molar-refractivity contribution < 1.29 is 136 Å². The Hall–Kier alpha value is 1.03. The zero-order valence-corrected chi connectivity index (χ0v) is 13.1. The van der Waals surface area contributed by atoms with Gasteiger partial charge in [0.15, 0.2) is 0 Å². The first-order valence-electron chi connectivity index (χ1n) is 0.698. The average Bonchev–Trinajstić information content (AvgIpc) is 0.722. The molecule has 0 aromatic rings. The van der Waals surface area contributed by atoms with Crippen molar-refractivity contribution in [3.8, 4) is 0 Å². The molecule has 0 aromatic heterocycles. The van der Waals surface area contributed by atoms with E-state index in [9.17, 15) is 0 Å². The maximum absolute atomic E-state index is 8.74. The van der Waals surface area contributed by atoms with Crippen LogP contribution in [0.5, 0.6) is 0 Å². The van der Waals surface area contributed by atoms with Gasteiger partial charge in [-0.15, -0.1) is 0 Å². The van der Waals surface area contributed by atoms with E-state index in [0.717, 1.165) is 0 Å². The van der Waals surface area contributed by atoms with Crippen LogP contribution in [0.3, 0.4) is 0 Å². The minimum absolute atomic E-state index is 0. The van der Waals surface area contributed by atoms with E-state index in [1.165, 1.54) is 0 Å². The van der Waals surface area contributed by atoms with Crippen molar-refractivity contribution in [2.75, 3.05) is 0 Å². The Morgan fingerprint density at radius 1 is 0.500 bits per heavy atom. The molecule has 0 rings (SSSR count). The number of hydrogen-bond acceptors (Lipinski definition) is 2. The monoisotopic (exact) mass is 354 g/mol. The quantitative estimate of drug-likeness (QED) is 0.315. The van der Waals surface area contributed by atoms with Crippen molar-refractivity contribution in [1.82, 2.24) is 0 Å². The van der Waals surface area contributed by atoms with E-state index in [1.807, 2.05) is 0 Å². The van der Waals surface area contributed by atoms with Crippen LogP contribution in [-0.4, -0.2) is 83.2 Å². The molecule has 0 atom stereocenters. The molecule has 0 saturated carbocycles. The van der Waals surface area contributed by atoms with Crippen LogP contribution in [0.15, 0.2) is 0 Å². The molecule has 0 unspecified atom stereocenters. The Kier molecular flexibility index (Phi) is 1440. The van der Waals surface area contributed by atoms with Gasteiger partial charge < -0.3 is 67.1 Å². The standard InChI is InChI=1S/K.H2O4S.12H2O.H/c;1-5(2,3)4;;;;;;;;;;;;;/h;(H2,1,2,3,4);12*1H2;/q+1;;;;;;;;;;;;;;-1. The van der Waals surface area contributed by atoms with E-state index in [0.29, 0.717) is 0 Å². The van der Waals surface area contributed by atoms with Gasteiger partial charge in [0.25, 0.3) is 0 Å². The first-order valence-corrected chi connectivity index (χ1v) is 2.10. The molecule has 18 heteroatoms. The molecule has 0 bridgehead atoms. The van der Waals surface area contributed by atoms with Crippen molar-refractivity contribution in [1.29, 1.82) is 0 Å². The summed E-state index contributed by atoms with van der Waals surface area (Å²) < 4.78 is 31.6. The molecule has 18 heavy (non-hydrogen) atoms. The van der Waals surface area contributed by atoms with Gasteiger partial charge in [0.2, 0.25) is 0 Å². The Morgan fingerprint density at radius 3 is 0.500 bits per heavy atom. The predicted octanol–water partition coefficient (Wildman–Crippen LogP) is -13.4. The second-order valence-electron chi connectivity index (χ2n) is 0.448. The van der Waals surface area contributed by atoms with E-state index >= 15 is 0 Å². The van der Waals surface area contributed by atoms with Crippen LogP contribution in [0.1, 0.15) is 1.43 Å².